The van der Waals surface area contributed by atoms with Gasteiger partial charge in [0, 0.05) is 43.7 Å². The molecule has 168 valence electrons. The maximum atomic E-state index is 14.9. The van der Waals surface area contributed by atoms with Crippen LogP contribution in [-0.4, -0.2) is 54.5 Å². The van der Waals surface area contributed by atoms with Crippen LogP contribution in [0.15, 0.2) is 48.1 Å². The maximum Gasteiger partial charge on any atom is 0.258 e. The van der Waals surface area contributed by atoms with Gasteiger partial charge in [-0.2, -0.15) is 0 Å². The highest BCUT2D eigenvalue weighted by Crippen LogP contribution is 2.29. The van der Waals surface area contributed by atoms with Gasteiger partial charge in [0.25, 0.3) is 5.91 Å². The molecule has 4 rings (SSSR count). The van der Waals surface area contributed by atoms with Crippen LogP contribution in [0.5, 0.6) is 5.75 Å². The second-order valence-corrected chi connectivity index (χ2v) is 8.62. The van der Waals surface area contributed by atoms with Crippen LogP contribution in [0.2, 0.25) is 0 Å². The number of carbonyl (C=O) groups excluding carboxylic acids is 1. The van der Waals surface area contributed by atoms with Crippen molar-refractivity contribution < 1.29 is 13.9 Å². The summed E-state index contributed by atoms with van der Waals surface area (Å²) in [7, 11) is 3.78. The predicted octanol–water partition coefficient (Wildman–Crippen LogP) is 3.50. The number of hydrogen-bond donors (Lipinski definition) is 1. The number of likely N-dealkylation sites (N-methyl/N-ethyl adjacent to an activating group) is 1. The fourth-order valence-corrected chi connectivity index (χ4v) is 4.44. The normalized spacial score (nSPS) is 14.8. The molecule has 0 bridgehead atoms. The van der Waals surface area contributed by atoms with Crippen molar-refractivity contribution in [3.8, 4) is 5.75 Å². The van der Waals surface area contributed by atoms with Gasteiger partial charge < -0.3 is 19.9 Å². The van der Waals surface area contributed by atoms with Crippen molar-refractivity contribution in [1.82, 2.24) is 20.2 Å². The minimum Gasteiger partial charge on any atom is -0.483 e. The summed E-state index contributed by atoms with van der Waals surface area (Å²) in [5.74, 6) is 0.345. The summed E-state index contributed by atoms with van der Waals surface area (Å²) in [4.78, 5) is 26.3. The zero-order valence-corrected chi connectivity index (χ0v) is 18.9. The van der Waals surface area contributed by atoms with Gasteiger partial charge in [0.1, 0.15) is 23.5 Å². The minimum absolute atomic E-state index is 0.0846. The number of nitrogens with zero attached hydrogens (tertiary/aromatic N) is 4. The molecular formula is C23H26FN5O2S. The average Bonchev–Trinajstić information content (AvgIpc) is 3.31. The van der Waals surface area contributed by atoms with Crippen molar-refractivity contribution >= 4 is 23.1 Å². The largest absolute Gasteiger partial charge is 0.483 e. The number of nitrogens with one attached hydrogen (secondary N) is 1. The Hall–Kier alpha value is -3.04. The highest BCUT2D eigenvalue weighted by atomic mass is 32.1. The summed E-state index contributed by atoms with van der Waals surface area (Å²) in [6.07, 6.45) is 3.77. The number of hydrogen-bond acceptors (Lipinski definition) is 7. The fourth-order valence-electron chi connectivity index (χ4n) is 3.65. The Balaban J connectivity index is 1.49. The monoisotopic (exact) mass is 455 g/mol. The van der Waals surface area contributed by atoms with Gasteiger partial charge in [0.15, 0.2) is 0 Å². The summed E-state index contributed by atoms with van der Waals surface area (Å²) in [5.41, 5.74) is 0.722. The maximum absolute atomic E-state index is 14.9. The third-order valence-corrected chi connectivity index (χ3v) is 6.36. The number of carbonyl (C=O) groups is 1. The number of rotatable bonds is 8. The molecule has 7 nitrogen and oxygen atoms in total. The van der Waals surface area contributed by atoms with Gasteiger partial charge in [0.05, 0.1) is 24.0 Å². The van der Waals surface area contributed by atoms with E-state index in [-0.39, 0.29) is 24.2 Å². The molecule has 9 heteroatoms. The van der Waals surface area contributed by atoms with Crippen LogP contribution in [0.4, 0.5) is 10.2 Å². The molecule has 32 heavy (non-hydrogen) atoms. The zero-order chi connectivity index (χ0) is 22.5. The summed E-state index contributed by atoms with van der Waals surface area (Å²) in [6.45, 7) is 1.92. The van der Waals surface area contributed by atoms with Gasteiger partial charge in [-0.25, -0.2) is 9.37 Å². The first kappa shape index (κ1) is 22.2. The van der Waals surface area contributed by atoms with E-state index in [2.05, 4.69) is 15.3 Å². The molecule has 0 fully saturated rings. The number of aromatic nitrogens is 2. The van der Waals surface area contributed by atoms with E-state index >= 15 is 0 Å². The average molecular weight is 456 g/mol. The lowest BCUT2D eigenvalue weighted by atomic mass is 10.2. The van der Waals surface area contributed by atoms with Crippen molar-refractivity contribution in [1.29, 1.82) is 0 Å². The van der Waals surface area contributed by atoms with Crippen molar-refractivity contribution in [3.05, 3.63) is 70.1 Å². The number of halogens is 1. The zero-order valence-electron chi connectivity index (χ0n) is 18.1. The molecular weight excluding hydrogens is 429 g/mol. The number of amides is 1. The molecule has 3 aromatic heterocycles. The molecule has 1 aliphatic heterocycles. The number of anilines is 1. The highest BCUT2D eigenvalue weighted by molar-refractivity contribution is 7.10. The smallest absolute Gasteiger partial charge is 0.258 e. The lowest BCUT2D eigenvalue weighted by molar-refractivity contribution is 0.0751. The van der Waals surface area contributed by atoms with Gasteiger partial charge >= 0.3 is 0 Å². The lowest BCUT2D eigenvalue weighted by Crippen LogP contribution is -2.33. The van der Waals surface area contributed by atoms with E-state index < -0.39 is 5.82 Å². The topological polar surface area (TPSA) is 70.6 Å². The van der Waals surface area contributed by atoms with E-state index in [1.54, 1.807) is 34.6 Å². The molecule has 0 saturated carbocycles. The third-order valence-electron chi connectivity index (χ3n) is 5.40. The molecule has 4 heterocycles. The number of thiophene rings is 1. The van der Waals surface area contributed by atoms with Gasteiger partial charge in [-0.15, -0.1) is 11.3 Å². The molecule has 1 N–H and O–H groups in total. The van der Waals surface area contributed by atoms with E-state index in [0.29, 0.717) is 30.2 Å². The number of ether oxygens (including phenoxy) is 1. The molecule has 1 aliphatic rings. The Morgan fingerprint density at radius 3 is 2.91 bits per heavy atom. The Morgan fingerprint density at radius 2 is 2.16 bits per heavy atom. The molecule has 0 unspecified atom stereocenters. The first-order chi connectivity index (χ1) is 15.6. The highest BCUT2D eigenvalue weighted by Gasteiger charge is 2.27. The predicted molar refractivity (Wildman–Crippen MR) is 123 cm³/mol. The molecule has 0 aromatic carbocycles. The molecule has 0 radical (unpaired) electrons. The molecule has 0 aliphatic carbocycles. The number of pyridine rings is 2. The van der Waals surface area contributed by atoms with Crippen molar-refractivity contribution in [2.75, 3.05) is 38.6 Å². The summed E-state index contributed by atoms with van der Waals surface area (Å²) < 4.78 is 21.0. The Morgan fingerprint density at radius 1 is 1.28 bits per heavy atom. The summed E-state index contributed by atoms with van der Waals surface area (Å²) in [5, 5.41) is 5.12. The summed E-state index contributed by atoms with van der Waals surface area (Å²) >= 11 is 1.61. The van der Waals surface area contributed by atoms with Crippen LogP contribution < -0.4 is 15.0 Å². The van der Waals surface area contributed by atoms with Crippen LogP contribution >= 0.6 is 11.3 Å². The first-order valence-electron chi connectivity index (χ1n) is 10.5. The van der Waals surface area contributed by atoms with E-state index in [1.165, 1.54) is 12.3 Å². The lowest BCUT2D eigenvalue weighted by Gasteiger charge is -2.21. The van der Waals surface area contributed by atoms with Gasteiger partial charge in [-0.1, -0.05) is 6.07 Å². The minimum atomic E-state index is -0.488. The second kappa shape index (κ2) is 10.1. The third kappa shape index (κ3) is 4.89. The second-order valence-electron chi connectivity index (χ2n) is 7.64. The Labute approximate surface area is 190 Å². The van der Waals surface area contributed by atoms with Gasteiger partial charge in [0.2, 0.25) is 0 Å². The fraction of sp³-hybridized carbons (Fsp3) is 0.348. The summed E-state index contributed by atoms with van der Waals surface area (Å²) in [6, 6.07) is 8.82. The quantitative estimate of drug-likeness (QED) is 0.561. The molecule has 1 atom stereocenters. The van der Waals surface area contributed by atoms with Crippen LogP contribution in [0.3, 0.4) is 0 Å². The Kier molecular flexibility index (Phi) is 6.96. The van der Waals surface area contributed by atoms with Gasteiger partial charge in [-0.05, 0) is 37.2 Å². The van der Waals surface area contributed by atoms with E-state index in [0.717, 1.165) is 17.8 Å². The van der Waals surface area contributed by atoms with Gasteiger partial charge in [-0.3, -0.25) is 9.78 Å². The van der Waals surface area contributed by atoms with E-state index in [1.807, 2.05) is 36.5 Å². The number of fused-ring (bicyclic) bond motifs is 1. The van der Waals surface area contributed by atoms with E-state index in [4.69, 9.17) is 4.74 Å². The standard InChI is InChI=1S/C23H26FN5O2S/c1-25-9-7-20(21-6-4-12-32-21)31-16-13-18(24)19(27-14-16)15-29-11-10-28(2)22-17(23(29)30)5-3-8-26-22/h3-6,8,12-14,20,25H,7,9-11,15H2,1-2H3/t20-/m0/s1. The van der Waals surface area contributed by atoms with Crippen LogP contribution in [0.1, 0.15) is 33.5 Å². The van der Waals surface area contributed by atoms with Crippen molar-refractivity contribution in [2.45, 2.75) is 19.1 Å². The SMILES string of the molecule is CNCC[C@H](Oc1cnc(CN2CCN(C)c3ncccc3C2=O)c(F)c1)c1cccs1. The van der Waals surface area contributed by atoms with E-state index in [9.17, 15) is 9.18 Å². The van der Waals surface area contributed by atoms with Crippen molar-refractivity contribution in [3.63, 3.8) is 0 Å². The Bertz CT molecular complexity index is 1060. The molecule has 3 aromatic rings. The molecule has 0 spiro atoms. The molecule has 1 amide bonds. The van der Waals surface area contributed by atoms with Crippen molar-refractivity contribution in [2.24, 2.45) is 0 Å². The molecule has 0 saturated heterocycles. The van der Waals surface area contributed by atoms with Crippen LogP contribution in [-0.2, 0) is 6.54 Å². The van der Waals surface area contributed by atoms with Crippen LogP contribution in [0, 0.1) is 5.82 Å². The van der Waals surface area contributed by atoms with Crippen LogP contribution in [0.25, 0.3) is 0 Å². The first-order valence-corrected chi connectivity index (χ1v) is 11.4.